The fourth-order valence-corrected chi connectivity index (χ4v) is 2.08. The van der Waals surface area contributed by atoms with Crippen molar-refractivity contribution < 1.29 is 5.11 Å². The Morgan fingerprint density at radius 1 is 1.43 bits per heavy atom. The van der Waals surface area contributed by atoms with Gasteiger partial charge in [-0.2, -0.15) is 0 Å². The van der Waals surface area contributed by atoms with Crippen molar-refractivity contribution >= 4 is 0 Å². The third-order valence-corrected chi connectivity index (χ3v) is 3.97. The molecule has 1 aliphatic rings. The molecule has 0 heterocycles. The molecule has 2 unspecified atom stereocenters. The molecular weight excluding hydrogens is 174 g/mol. The third kappa shape index (κ3) is 2.96. The molecule has 0 aromatic rings. The van der Waals surface area contributed by atoms with Gasteiger partial charge in [0.25, 0.3) is 0 Å². The lowest BCUT2D eigenvalue weighted by Gasteiger charge is -2.33. The molecule has 0 aliphatic heterocycles. The first-order valence-electron chi connectivity index (χ1n) is 6.00. The van der Waals surface area contributed by atoms with Crippen LogP contribution >= 0.6 is 0 Å². The molecule has 1 saturated carbocycles. The van der Waals surface area contributed by atoms with Crippen molar-refractivity contribution in [3.05, 3.63) is 0 Å². The van der Waals surface area contributed by atoms with Crippen molar-refractivity contribution in [2.45, 2.75) is 65.0 Å². The highest BCUT2D eigenvalue weighted by Crippen LogP contribution is 2.26. The smallest absolute Gasteiger partial charge is 0.0577 e. The van der Waals surface area contributed by atoms with Gasteiger partial charge in [-0.1, -0.05) is 26.7 Å². The summed E-state index contributed by atoms with van der Waals surface area (Å²) >= 11 is 0. The molecule has 0 aromatic heterocycles. The minimum Gasteiger partial charge on any atom is -0.393 e. The van der Waals surface area contributed by atoms with E-state index in [4.69, 9.17) is 0 Å². The molecule has 2 heteroatoms. The van der Waals surface area contributed by atoms with E-state index in [-0.39, 0.29) is 11.5 Å². The summed E-state index contributed by atoms with van der Waals surface area (Å²) in [6.07, 6.45) is 6.19. The molecule has 0 amide bonds. The van der Waals surface area contributed by atoms with E-state index in [0.717, 1.165) is 13.0 Å². The summed E-state index contributed by atoms with van der Waals surface area (Å²) in [4.78, 5) is 0. The van der Waals surface area contributed by atoms with E-state index >= 15 is 0 Å². The number of hydrogen-bond acceptors (Lipinski definition) is 2. The van der Waals surface area contributed by atoms with Gasteiger partial charge in [0, 0.05) is 18.0 Å². The lowest BCUT2D eigenvalue weighted by Crippen LogP contribution is -2.42. The topological polar surface area (TPSA) is 32.3 Å². The monoisotopic (exact) mass is 199 g/mol. The first-order valence-corrected chi connectivity index (χ1v) is 6.00. The Morgan fingerprint density at radius 3 is 2.43 bits per heavy atom. The lowest BCUT2D eigenvalue weighted by molar-refractivity contribution is 0.0471. The van der Waals surface area contributed by atoms with Crippen molar-refractivity contribution in [1.29, 1.82) is 0 Å². The zero-order valence-electron chi connectivity index (χ0n) is 9.84. The average molecular weight is 199 g/mol. The Bertz CT molecular complexity index is 164. The quantitative estimate of drug-likeness (QED) is 0.712. The molecule has 1 fully saturated rings. The summed E-state index contributed by atoms with van der Waals surface area (Å²) in [5, 5.41) is 13.3. The maximum atomic E-state index is 9.71. The van der Waals surface area contributed by atoms with Crippen LogP contribution in [0, 0.1) is 5.41 Å². The Balaban J connectivity index is 2.32. The molecule has 2 atom stereocenters. The van der Waals surface area contributed by atoms with Gasteiger partial charge in [0.05, 0.1) is 6.10 Å². The van der Waals surface area contributed by atoms with Crippen LogP contribution in [0.3, 0.4) is 0 Å². The van der Waals surface area contributed by atoms with Crippen molar-refractivity contribution in [3.63, 3.8) is 0 Å². The van der Waals surface area contributed by atoms with Crippen LogP contribution in [0.15, 0.2) is 0 Å². The third-order valence-electron chi connectivity index (χ3n) is 3.97. The van der Waals surface area contributed by atoms with Gasteiger partial charge in [-0.05, 0) is 26.2 Å². The Morgan fingerprint density at radius 2 is 2.00 bits per heavy atom. The van der Waals surface area contributed by atoms with Gasteiger partial charge in [-0.15, -0.1) is 0 Å². The van der Waals surface area contributed by atoms with Crippen LogP contribution in [0.1, 0.15) is 52.9 Å². The van der Waals surface area contributed by atoms with Crippen molar-refractivity contribution in [2.24, 2.45) is 5.41 Å². The zero-order valence-corrected chi connectivity index (χ0v) is 9.84. The standard InChI is InChI=1S/C12H25NO/c1-4-12(3,10(2)14)9-13-11-7-5-6-8-11/h10-11,13-14H,4-9H2,1-3H3. The van der Waals surface area contributed by atoms with Crippen LogP contribution in [-0.2, 0) is 0 Å². The number of nitrogens with one attached hydrogen (secondary N) is 1. The van der Waals surface area contributed by atoms with Crippen LogP contribution in [-0.4, -0.2) is 23.8 Å². The van der Waals surface area contributed by atoms with E-state index < -0.39 is 0 Å². The molecule has 0 bridgehead atoms. The summed E-state index contributed by atoms with van der Waals surface area (Å²) in [7, 11) is 0. The SMILES string of the molecule is CCC(C)(CNC1CCCC1)C(C)O. The maximum absolute atomic E-state index is 9.71. The van der Waals surface area contributed by atoms with Gasteiger partial charge in [0.1, 0.15) is 0 Å². The molecule has 2 N–H and O–H groups in total. The predicted octanol–water partition coefficient (Wildman–Crippen LogP) is 2.32. The van der Waals surface area contributed by atoms with Gasteiger partial charge in [0.2, 0.25) is 0 Å². The second-order valence-corrected chi connectivity index (χ2v) is 5.05. The van der Waals surface area contributed by atoms with Crippen molar-refractivity contribution in [2.75, 3.05) is 6.54 Å². The summed E-state index contributed by atoms with van der Waals surface area (Å²) in [5.41, 5.74) is 0.0442. The minimum atomic E-state index is -0.221. The normalized spacial score (nSPS) is 24.9. The molecule has 1 rings (SSSR count). The highest BCUT2D eigenvalue weighted by Gasteiger charge is 2.28. The second-order valence-electron chi connectivity index (χ2n) is 5.05. The molecule has 0 spiro atoms. The van der Waals surface area contributed by atoms with E-state index in [9.17, 15) is 5.11 Å². The largest absolute Gasteiger partial charge is 0.393 e. The van der Waals surface area contributed by atoms with Crippen LogP contribution in [0.2, 0.25) is 0 Å². The lowest BCUT2D eigenvalue weighted by atomic mass is 9.82. The van der Waals surface area contributed by atoms with E-state index in [0.29, 0.717) is 6.04 Å². The Labute approximate surface area is 88.1 Å². The molecule has 84 valence electrons. The summed E-state index contributed by atoms with van der Waals surface area (Å²) in [6.45, 7) is 7.17. The van der Waals surface area contributed by atoms with Crippen LogP contribution in [0.4, 0.5) is 0 Å². The Hall–Kier alpha value is -0.0800. The number of hydrogen-bond donors (Lipinski definition) is 2. The fourth-order valence-electron chi connectivity index (χ4n) is 2.08. The van der Waals surface area contributed by atoms with Crippen LogP contribution in [0.25, 0.3) is 0 Å². The van der Waals surface area contributed by atoms with Crippen molar-refractivity contribution in [3.8, 4) is 0 Å². The molecule has 2 nitrogen and oxygen atoms in total. The zero-order chi connectivity index (χ0) is 10.6. The first-order chi connectivity index (χ1) is 6.58. The van der Waals surface area contributed by atoms with E-state index in [1.54, 1.807) is 0 Å². The van der Waals surface area contributed by atoms with Gasteiger partial charge >= 0.3 is 0 Å². The van der Waals surface area contributed by atoms with E-state index in [1.807, 2.05) is 6.92 Å². The second kappa shape index (κ2) is 5.13. The van der Waals surface area contributed by atoms with Crippen molar-refractivity contribution in [1.82, 2.24) is 5.32 Å². The Kier molecular flexibility index (Phi) is 4.39. The molecule has 0 aromatic carbocycles. The van der Waals surface area contributed by atoms with Crippen LogP contribution in [0.5, 0.6) is 0 Å². The highest BCUT2D eigenvalue weighted by atomic mass is 16.3. The van der Waals surface area contributed by atoms with Gasteiger partial charge in [-0.25, -0.2) is 0 Å². The fraction of sp³-hybridized carbons (Fsp3) is 1.00. The van der Waals surface area contributed by atoms with Gasteiger partial charge in [-0.3, -0.25) is 0 Å². The van der Waals surface area contributed by atoms with E-state index in [1.165, 1.54) is 25.7 Å². The number of rotatable bonds is 5. The molecule has 0 saturated heterocycles. The number of aliphatic hydroxyl groups excluding tert-OH is 1. The first kappa shape index (κ1) is 12.0. The molecule has 0 radical (unpaired) electrons. The average Bonchev–Trinajstić information content (AvgIpc) is 2.66. The molecular formula is C12H25NO. The maximum Gasteiger partial charge on any atom is 0.0577 e. The summed E-state index contributed by atoms with van der Waals surface area (Å²) in [5.74, 6) is 0. The molecule has 1 aliphatic carbocycles. The predicted molar refractivity (Wildman–Crippen MR) is 60.3 cm³/mol. The molecule has 14 heavy (non-hydrogen) atoms. The number of aliphatic hydroxyl groups is 1. The summed E-state index contributed by atoms with van der Waals surface area (Å²) < 4.78 is 0. The minimum absolute atomic E-state index is 0.0442. The highest BCUT2D eigenvalue weighted by molar-refractivity contribution is 4.83. The van der Waals surface area contributed by atoms with Crippen LogP contribution < -0.4 is 5.32 Å². The van der Waals surface area contributed by atoms with Gasteiger partial charge < -0.3 is 10.4 Å². The van der Waals surface area contributed by atoms with Gasteiger partial charge in [0.15, 0.2) is 0 Å². The summed E-state index contributed by atoms with van der Waals surface area (Å²) in [6, 6.07) is 0.708. The van der Waals surface area contributed by atoms with E-state index in [2.05, 4.69) is 19.2 Å².